The quantitative estimate of drug-likeness (QED) is 0.580. The van der Waals surface area contributed by atoms with E-state index >= 15 is 0 Å². The fourth-order valence-corrected chi connectivity index (χ4v) is 2.71. The highest BCUT2D eigenvalue weighted by atomic mass is 16.6. The lowest BCUT2D eigenvalue weighted by Gasteiger charge is -2.32. The number of hydrogen-bond donors (Lipinski definition) is 1. The standard InChI is InChI=1S/C20H16N2O4/c23-20(22-21-13-15-9-6-12-24-15)19-18(14-7-2-1-3-8-14)25-16-10-4-5-11-17(16)26-19/h1-13,18-19H,(H,22,23)/b21-13-/t18-,19-/m1/s1. The number of rotatable bonds is 4. The first-order valence-corrected chi connectivity index (χ1v) is 8.15. The van der Waals surface area contributed by atoms with Crippen LogP contribution in [-0.4, -0.2) is 18.2 Å². The van der Waals surface area contributed by atoms with Gasteiger partial charge < -0.3 is 13.9 Å². The van der Waals surface area contributed by atoms with E-state index in [1.54, 1.807) is 18.2 Å². The van der Waals surface area contributed by atoms with Gasteiger partial charge in [-0.15, -0.1) is 0 Å². The van der Waals surface area contributed by atoms with Crippen molar-refractivity contribution in [1.82, 2.24) is 5.43 Å². The molecular formula is C20H16N2O4. The third-order valence-corrected chi connectivity index (χ3v) is 3.93. The Bertz CT molecular complexity index is 907. The van der Waals surface area contributed by atoms with Crippen molar-refractivity contribution in [2.24, 2.45) is 5.10 Å². The maximum atomic E-state index is 12.7. The van der Waals surface area contributed by atoms with Crippen molar-refractivity contribution in [3.05, 3.63) is 84.3 Å². The Morgan fingerprint density at radius 3 is 2.38 bits per heavy atom. The molecule has 0 unspecified atom stereocenters. The Hall–Kier alpha value is -3.54. The lowest BCUT2D eigenvalue weighted by Crippen LogP contribution is -2.44. The molecular weight excluding hydrogens is 332 g/mol. The van der Waals surface area contributed by atoms with Crippen LogP contribution in [0, 0.1) is 0 Å². The topological polar surface area (TPSA) is 73.1 Å². The van der Waals surface area contributed by atoms with E-state index in [-0.39, 0.29) is 0 Å². The molecule has 1 N–H and O–H groups in total. The zero-order chi connectivity index (χ0) is 17.8. The minimum atomic E-state index is -0.874. The lowest BCUT2D eigenvalue weighted by atomic mass is 10.0. The van der Waals surface area contributed by atoms with Crippen LogP contribution in [0.3, 0.4) is 0 Å². The predicted molar refractivity (Wildman–Crippen MR) is 95.1 cm³/mol. The van der Waals surface area contributed by atoms with Crippen molar-refractivity contribution in [3.63, 3.8) is 0 Å². The van der Waals surface area contributed by atoms with E-state index < -0.39 is 18.1 Å². The van der Waals surface area contributed by atoms with E-state index in [9.17, 15) is 4.79 Å². The molecule has 130 valence electrons. The summed E-state index contributed by atoms with van der Waals surface area (Å²) in [5, 5.41) is 3.92. The molecule has 0 fully saturated rings. The molecule has 6 nitrogen and oxygen atoms in total. The van der Waals surface area contributed by atoms with Gasteiger partial charge in [-0.05, 0) is 29.8 Å². The summed E-state index contributed by atoms with van der Waals surface area (Å²) in [7, 11) is 0. The number of carbonyl (C=O) groups excluding carboxylic acids is 1. The molecule has 0 radical (unpaired) electrons. The van der Waals surface area contributed by atoms with Gasteiger partial charge in [0.25, 0.3) is 5.91 Å². The molecule has 0 saturated heterocycles. The Morgan fingerprint density at radius 1 is 0.923 bits per heavy atom. The average Bonchev–Trinajstić information content (AvgIpc) is 3.21. The Kier molecular flexibility index (Phi) is 4.38. The van der Waals surface area contributed by atoms with Gasteiger partial charge in [0, 0.05) is 0 Å². The number of nitrogens with zero attached hydrogens (tertiary/aromatic N) is 1. The fraction of sp³-hybridized carbons (Fsp3) is 0.100. The van der Waals surface area contributed by atoms with Crippen molar-refractivity contribution in [2.45, 2.75) is 12.2 Å². The van der Waals surface area contributed by atoms with Crippen LogP contribution in [0.4, 0.5) is 0 Å². The first kappa shape index (κ1) is 16.0. The van der Waals surface area contributed by atoms with Crippen LogP contribution >= 0.6 is 0 Å². The number of hydrazone groups is 1. The number of amides is 1. The summed E-state index contributed by atoms with van der Waals surface area (Å²) >= 11 is 0. The number of ether oxygens (including phenoxy) is 2. The van der Waals surface area contributed by atoms with Crippen LogP contribution in [0.1, 0.15) is 17.4 Å². The third kappa shape index (κ3) is 3.30. The minimum Gasteiger partial charge on any atom is -0.477 e. The first-order chi connectivity index (χ1) is 12.8. The molecule has 0 saturated carbocycles. The van der Waals surface area contributed by atoms with Crippen LogP contribution < -0.4 is 14.9 Å². The molecule has 2 heterocycles. The van der Waals surface area contributed by atoms with Crippen LogP contribution in [0.5, 0.6) is 11.5 Å². The van der Waals surface area contributed by atoms with E-state index in [0.29, 0.717) is 17.3 Å². The molecule has 4 rings (SSSR count). The van der Waals surface area contributed by atoms with Crippen LogP contribution in [0.15, 0.2) is 82.5 Å². The number of furan rings is 1. The summed E-state index contributed by atoms with van der Waals surface area (Å²) in [6.45, 7) is 0. The molecule has 0 spiro atoms. The summed E-state index contributed by atoms with van der Waals surface area (Å²) in [6.07, 6.45) is 1.50. The number of carbonyl (C=O) groups is 1. The SMILES string of the molecule is O=C(N/N=C\c1ccco1)[C@@H]1Oc2ccccc2O[C@@H]1c1ccccc1. The van der Waals surface area contributed by atoms with Gasteiger partial charge in [0.15, 0.2) is 17.6 Å². The molecule has 1 aromatic heterocycles. The Labute approximate surface area is 150 Å². The van der Waals surface area contributed by atoms with Crippen LogP contribution in [0.2, 0.25) is 0 Å². The highest BCUT2D eigenvalue weighted by molar-refractivity contribution is 5.84. The number of nitrogens with one attached hydrogen (secondary N) is 1. The molecule has 2 atom stereocenters. The highest BCUT2D eigenvalue weighted by Gasteiger charge is 2.38. The van der Waals surface area contributed by atoms with E-state index in [0.717, 1.165) is 5.56 Å². The van der Waals surface area contributed by atoms with Crippen molar-refractivity contribution >= 4 is 12.1 Å². The molecule has 6 heteroatoms. The number of para-hydroxylation sites is 2. The molecule has 1 amide bonds. The number of hydrogen-bond acceptors (Lipinski definition) is 5. The summed E-state index contributed by atoms with van der Waals surface area (Å²) in [5.41, 5.74) is 3.33. The van der Waals surface area contributed by atoms with Gasteiger partial charge in [-0.25, -0.2) is 5.43 Å². The van der Waals surface area contributed by atoms with Gasteiger partial charge in [-0.1, -0.05) is 42.5 Å². The minimum absolute atomic E-state index is 0.406. The van der Waals surface area contributed by atoms with Gasteiger partial charge >= 0.3 is 0 Å². The normalized spacial score (nSPS) is 18.6. The third-order valence-electron chi connectivity index (χ3n) is 3.93. The number of fused-ring (bicyclic) bond motifs is 1. The summed E-state index contributed by atoms with van der Waals surface area (Å²) in [4.78, 5) is 12.7. The first-order valence-electron chi connectivity index (χ1n) is 8.15. The Morgan fingerprint density at radius 2 is 1.65 bits per heavy atom. The second-order valence-corrected chi connectivity index (χ2v) is 5.68. The van der Waals surface area contributed by atoms with Gasteiger partial charge in [0.1, 0.15) is 5.76 Å². The molecule has 26 heavy (non-hydrogen) atoms. The van der Waals surface area contributed by atoms with Gasteiger partial charge in [-0.2, -0.15) is 5.10 Å². The van der Waals surface area contributed by atoms with Gasteiger partial charge in [0.2, 0.25) is 6.10 Å². The second kappa shape index (κ2) is 7.14. The smallest absolute Gasteiger partial charge is 0.285 e. The molecule has 3 aromatic rings. The molecule has 0 aliphatic carbocycles. The lowest BCUT2D eigenvalue weighted by molar-refractivity contribution is -0.134. The van der Waals surface area contributed by atoms with E-state index in [1.165, 1.54) is 12.5 Å². The summed E-state index contributed by atoms with van der Waals surface area (Å²) in [5.74, 6) is 1.26. The molecule has 0 bridgehead atoms. The summed E-state index contributed by atoms with van der Waals surface area (Å²) in [6, 6.07) is 20.2. The van der Waals surface area contributed by atoms with Crippen molar-refractivity contribution < 1.29 is 18.7 Å². The zero-order valence-corrected chi connectivity index (χ0v) is 13.7. The van der Waals surface area contributed by atoms with E-state index in [1.807, 2.05) is 48.5 Å². The average molecular weight is 348 g/mol. The molecule has 1 aliphatic rings. The van der Waals surface area contributed by atoms with Gasteiger partial charge in [-0.3, -0.25) is 4.79 Å². The van der Waals surface area contributed by atoms with Crippen LogP contribution in [-0.2, 0) is 4.79 Å². The van der Waals surface area contributed by atoms with Crippen molar-refractivity contribution in [3.8, 4) is 11.5 Å². The van der Waals surface area contributed by atoms with Gasteiger partial charge in [0.05, 0.1) is 12.5 Å². The maximum absolute atomic E-state index is 12.7. The predicted octanol–water partition coefficient (Wildman–Crippen LogP) is 3.31. The van der Waals surface area contributed by atoms with Crippen molar-refractivity contribution in [1.29, 1.82) is 0 Å². The van der Waals surface area contributed by atoms with Crippen molar-refractivity contribution in [2.75, 3.05) is 0 Å². The second-order valence-electron chi connectivity index (χ2n) is 5.68. The largest absolute Gasteiger partial charge is 0.477 e. The highest BCUT2D eigenvalue weighted by Crippen LogP contribution is 2.39. The van der Waals surface area contributed by atoms with E-state index in [2.05, 4.69) is 10.5 Å². The monoisotopic (exact) mass is 348 g/mol. The number of benzene rings is 2. The maximum Gasteiger partial charge on any atom is 0.285 e. The Balaban J connectivity index is 1.57. The molecule has 1 aliphatic heterocycles. The zero-order valence-electron chi connectivity index (χ0n) is 13.7. The van der Waals surface area contributed by atoms with Crippen LogP contribution in [0.25, 0.3) is 0 Å². The summed E-state index contributed by atoms with van der Waals surface area (Å²) < 4.78 is 17.1. The fourth-order valence-electron chi connectivity index (χ4n) is 2.71. The molecule has 2 aromatic carbocycles. The van der Waals surface area contributed by atoms with E-state index in [4.69, 9.17) is 13.9 Å².